The van der Waals surface area contributed by atoms with Crippen LogP contribution in [0.25, 0.3) is 0 Å². The molecule has 1 heterocycles. The van der Waals surface area contributed by atoms with Gasteiger partial charge in [-0.25, -0.2) is 4.99 Å². The molecule has 3 heteroatoms. The van der Waals surface area contributed by atoms with Gasteiger partial charge in [0.2, 0.25) is 0 Å². The maximum absolute atomic E-state index is 5.03. The van der Waals surface area contributed by atoms with Gasteiger partial charge < -0.3 is 4.84 Å². The van der Waals surface area contributed by atoms with Gasteiger partial charge in [0, 0.05) is 0 Å². The van der Waals surface area contributed by atoms with Crippen molar-refractivity contribution in [2.24, 2.45) is 10.1 Å². The van der Waals surface area contributed by atoms with Crippen molar-refractivity contribution in [1.82, 2.24) is 0 Å². The lowest BCUT2D eigenvalue weighted by Crippen LogP contribution is -2.29. The average molecular weight is 126 g/mol. The van der Waals surface area contributed by atoms with Crippen molar-refractivity contribution in [2.75, 3.05) is 0 Å². The lowest BCUT2D eigenvalue weighted by atomic mass is 10.1. The first kappa shape index (κ1) is 6.26. The topological polar surface area (TPSA) is 34.0 Å². The standard InChI is InChI=1S/C6H10N2O/c1-3-6(2)4-7-5-8-9-6/h4-5H,3H2,1-2H3. The summed E-state index contributed by atoms with van der Waals surface area (Å²) < 4.78 is 0. The Bertz CT molecular complexity index is 153. The molecular weight excluding hydrogens is 116 g/mol. The molecule has 0 saturated heterocycles. The summed E-state index contributed by atoms with van der Waals surface area (Å²) >= 11 is 0. The van der Waals surface area contributed by atoms with E-state index in [0.717, 1.165) is 6.42 Å². The van der Waals surface area contributed by atoms with Crippen LogP contribution >= 0.6 is 0 Å². The smallest absolute Gasteiger partial charge is 0.169 e. The zero-order chi connectivity index (χ0) is 6.74. The summed E-state index contributed by atoms with van der Waals surface area (Å²) in [7, 11) is 0. The second kappa shape index (κ2) is 2.17. The SMILES string of the molecule is CCC1(C)C=NC=NO1. The number of nitrogens with zero attached hydrogens (tertiary/aromatic N) is 2. The minimum absolute atomic E-state index is 0.269. The predicted molar refractivity (Wildman–Crippen MR) is 36.8 cm³/mol. The van der Waals surface area contributed by atoms with Gasteiger partial charge in [-0.2, -0.15) is 0 Å². The largest absolute Gasteiger partial charge is 0.382 e. The van der Waals surface area contributed by atoms with Gasteiger partial charge in [-0.15, -0.1) is 0 Å². The molecule has 0 N–H and O–H groups in total. The van der Waals surface area contributed by atoms with Gasteiger partial charge in [0.25, 0.3) is 0 Å². The van der Waals surface area contributed by atoms with Crippen LogP contribution < -0.4 is 0 Å². The van der Waals surface area contributed by atoms with Gasteiger partial charge in [0.15, 0.2) is 11.9 Å². The highest BCUT2D eigenvalue weighted by molar-refractivity contribution is 5.79. The van der Waals surface area contributed by atoms with Crippen LogP contribution in [0.1, 0.15) is 20.3 Å². The van der Waals surface area contributed by atoms with Crippen LogP contribution in [0.3, 0.4) is 0 Å². The van der Waals surface area contributed by atoms with Crippen molar-refractivity contribution in [3.63, 3.8) is 0 Å². The van der Waals surface area contributed by atoms with E-state index >= 15 is 0 Å². The molecule has 0 aliphatic carbocycles. The number of aliphatic imine (C=N–C) groups is 1. The first-order valence-corrected chi connectivity index (χ1v) is 3.01. The molecule has 50 valence electrons. The maximum Gasteiger partial charge on any atom is 0.169 e. The molecule has 0 aromatic heterocycles. The van der Waals surface area contributed by atoms with E-state index in [4.69, 9.17) is 4.84 Å². The average Bonchev–Trinajstić information content (AvgIpc) is 1.90. The summed E-state index contributed by atoms with van der Waals surface area (Å²) in [6, 6.07) is 0. The van der Waals surface area contributed by atoms with E-state index in [9.17, 15) is 0 Å². The zero-order valence-corrected chi connectivity index (χ0v) is 5.66. The van der Waals surface area contributed by atoms with Crippen molar-refractivity contribution < 1.29 is 4.84 Å². The Morgan fingerprint density at radius 3 is 2.78 bits per heavy atom. The quantitative estimate of drug-likeness (QED) is 0.519. The Balaban J connectivity index is 2.63. The molecule has 0 amide bonds. The van der Waals surface area contributed by atoms with Crippen LogP contribution in [0.2, 0.25) is 0 Å². The van der Waals surface area contributed by atoms with E-state index in [2.05, 4.69) is 10.1 Å². The number of hydrogen-bond donors (Lipinski definition) is 0. The number of oxime groups is 1. The molecule has 0 radical (unpaired) electrons. The summed E-state index contributed by atoms with van der Waals surface area (Å²) in [6.45, 7) is 3.99. The molecule has 0 fully saturated rings. The fourth-order valence-corrected chi connectivity index (χ4v) is 0.542. The minimum Gasteiger partial charge on any atom is -0.382 e. The van der Waals surface area contributed by atoms with Crippen molar-refractivity contribution >= 4 is 12.6 Å². The Kier molecular flexibility index (Phi) is 1.51. The third kappa shape index (κ3) is 1.28. The highest BCUT2D eigenvalue weighted by Crippen LogP contribution is 2.13. The van der Waals surface area contributed by atoms with E-state index in [0.29, 0.717) is 0 Å². The molecule has 1 aliphatic rings. The van der Waals surface area contributed by atoms with Crippen molar-refractivity contribution in [3.05, 3.63) is 0 Å². The van der Waals surface area contributed by atoms with Crippen LogP contribution in [0.15, 0.2) is 10.1 Å². The predicted octanol–water partition coefficient (Wildman–Crippen LogP) is 1.20. The molecule has 3 nitrogen and oxygen atoms in total. The second-order valence-corrected chi connectivity index (χ2v) is 2.26. The van der Waals surface area contributed by atoms with Crippen LogP contribution in [0, 0.1) is 0 Å². The summed E-state index contributed by atoms with van der Waals surface area (Å²) in [4.78, 5) is 8.89. The highest BCUT2D eigenvalue weighted by atomic mass is 16.6. The van der Waals surface area contributed by atoms with Crippen LogP contribution in [-0.4, -0.2) is 18.2 Å². The molecular formula is C6H10N2O. The van der Waals surface area contributed by atoms with Crippen molar-refractivity contribution in [1.29, 1.82) is 0 Å². The summed E-state index contributed by atoms with van der Waals surface area (Å²) in [5.74, 6) is 0. The lowest BCUT2D eigenvalue weighted by Gasteiger charge is -2.21. The van der Waals surface area contributed by atoms with Gasteiger partial charge in [-0.1, -0.05) is 12.1 Å². The van der Waals surface area contributed by atoms with Gasteiger partial charge in [0.1, 0.15) is 0 Å². The zero-order valence-electron chi connectivity index (χ0n) is 5.66. The molecule has 1 aliphatic heterocycles. The molecule has 1 atom stereocenters. The van der Waals surface area contributed by atoms with Crippen LogP contribution in [0.5, 0.6) is 0 Å². The monoisotopic (exact) mass is 126 g/mol. The molecule has 0 spiro atoms. The summed E-state index contributed by atoms with van der Waals surface area (Å²) in [5, 5.41) is 3.58. The fourth-order valence-electron chi connectivity index (χ4n) is 0.542. The molecule has 0 aromatic rings. The Morgan fingerprint density at radius 2 is 2.44 bits per heavy atom. The first-order valence-electron chi connectivity index (χ1n) is 3.01. The number of rotatable bonds is 1. The normalized spacial score (nSPS) is 32.2. The third-order valence-electron chi connectivity index (χ3n) is 1.42. The van der Waals surface area contributed by atoms with Crippen molar-refractivity contribution in [3.8, 4) is 0 Å². The Hall–Kier alpha value is -0.860. The minimum atomic E-state index is -0.269. The van der Waals surface area contributed by atoms with Crippen molar-refractivity contribution in [2.45, 2.75) is 25.9 Å². The van der Waals surface area contributed by atoms with Gasteiger partial charge in [-0.05, 0) is 13.3 Å². The van der Waals surface area contributed by atoms with E-state index in [1.54, 1.807) is 6.21 Å². The van der Waals surface area contributed by atoms with E-state index < -0.39 is 0 Å². The lowest BCUT2D eigenvalue weighted by molar-refractivity contribution is 0.0246. The van der Waals surface area contributed by atoms with Gasteiger partial charge in [-0.3, -0.25) is 0 Å². The first-order chi connectivity index (χ1) is 4.27. The molecule has 9 heavy (non-hydrogen) atoms. The summed E-state index contributed by atoms with van der Waals surface area (Å²) in [5.41, 5.74) is -0.269. The van der Waals surface area contributed by atoms with Gasteiger partial charge in [0.05, 0.1) is 6.21 Å². The third-order valence-corrected chi connectivity index (χ3v) is 1.42. The Labute approximate surface area is 54.4 Å². The van der Waals surface area contributed by atoms with E-state index in [1.165, 1.54) is 6.34 Å². The van der Waals surface area contributed by atoms with Crippen LogP contribution in [0.4, 0.5) is 0 Å². The van der Waals surface area contributed by atoms with E-state index in [-0.39, 0.29) is 5.60 Å². The fraction of sp³-hybridized carbons (Fsp3) is 0.667. The van der Waals surface area contributed by atoms with Gasteiger partial charge >= 0.3 is 0 Å². The molecule has 0 saturated carbocycles. The Morgan fingerprint density at radius 1 is 1.67 bits per heavy atom. The summed E-state index contributed by atoms with van der Waals surface area (Å²) in [6.07, 6.45) is 4.06. The highest BCUT2D eigenvalue weighted by Gasteiger charge is 2.22. The number of hydrogen-bond acceptors (Lipinski definition) is 3. The molecule has 1 unspecified atom stereocenters. The van der Waals surface area contributed by atoms with E-state index in [1.807, 2.05) is 13.8 Å². The molecule has 1 rings (SSSR count). The molecule has 0 bridgehead atoms. The second-order valence-electron chi connectivity index (χ2n) is 2.26. The maximum atomic E-state index is 5.03. The van der Waals surface area contributed by atoms with Crippen LogP contribution in [-0.2, 0) is 4.84 Å². The molecule has 0 aromatic carbocycles.